The molecule has 2 fully saturated rings. The molecule has 17 heavy (non-hydrogen) atoms. The summed E-state index contributed by atoms with van der Waals surface area (Å²) in [5, 5.41) is 0. The van der Waals surface area contributed by atoms with Crippen molar-refractivity contribution in [3.63, 3.8) is 0 Å². The molecule has 0 aromatic rings. The normalized spacial score (nSPS) is 34.9. The maximum atomic E-state index is 6.16. The molecule has 3 unspecified atom stereocenters. The molecule has 3 atom stereocenters. The third-order valence-electron chi connectivity index (χ3n) is 4.70. The fourth-order valence-corrected chi connectivity index (χ4v) is 3.00. The summed E-state index contributed by atoms with van der Waals surface area (Å²) < 4.78 is 6.16. The number of hydrogen-bond donors (Lipinski definition) is 1. The molecule has 0 saturated heterocycles. The SMILES string of the molecule is CC(C)(C)C1CCC(CN)C(OCC2CC2)C1. The molecule has 0 aromatic heterocycles. The first-order valence-corrected chi connectivity index (χ1v) is 7.32. The van der Waals surface area contributed by atoms with E-state index in [1.807, 2.05) is 0 Å². The quantitative estimate of drug-likeness (QED) is 0.817. The van der Waals surface area contributed by atoms with Crippen LogP contribution in [0.5, 0.6) is 0 Å². The van der Waals surface area contributed by atoms with Gasteiger partial charge in [-0.2, -0.15) is 0 Å². The Hall–Kier alpha value is -0.0800. The van der Waals surface area contributed by atoms with E-state index in [2.05, 4.69) is 20.8 Å². The summed E-state index contributed by atoms with van der Waals surface area (Å²) >= 11 is 0. The predicted molar refractivity (Wildman–Crippen MR) is 71.8 cm³/mol. The summed E-state index contributed by atoms with van der Waals surface area (Å²) in [6.07, 6.45) is 6.99. The van der Waals surface area contributed by atoms with E-state index in [1.165, 1.54) is 32.1 Å². The minimum Gasteiger partial charge on any atom is -0.378 e. The molecule has 2 heteroatoms. The van der Waals surface area contributed by atoms with Crippen LogP contribution in [0.1, 0.15) is 52.9 Å². The molecular formula is C15H29NO. The maximum absolute atomic E-state index is 6.16. The molecule has 0 amide bonds. The molecule has 0 aromatic carbocycles. The first-order chi connectivity index (χ1) is 8.00. The van der Waals surface area contributed by atoms with Crippen LogP contribution >= 0.6 is 0 Å². The standard InChI is InChI=1S/C15H29NO/c1-15(2,3)13-7-6-12(9-16)14(8-13)17-10-11-4-5-11/h11-14H,4-10,16H2,1-3H3. The van der Waals surface area contributed by atoms with Crippen LogP contribution in [0.3, 0.4) is 0 Å². The fourth-order valence-electron chi connectivity index (χ4n) is 3.00. The number of ether oxygens (including phenoxy) is 1. The summed E-state index contributed by atoms with van der Waals surface area (Å²) in [5.74, 6) is 2.27. The zero-order valence-electron chi connectivity index (χ0n) is 11.7. The third kappa shape index (κ3) is 3.69. The van der Waals surface area contributed by atoms with E-state index in [4.69, 9.17) is 10.5 Å². The Morgan fingerprint density at radius 2 is 1.82 bits per heavy atom. The smallest absolute Gasteiger partial charge is 0.0618 e. The molecule has 2 saturated carbocycles. The van der Waals surface area contributed by atoms with Crippen molar-refractivity contribution in [3.8, 4) is 0 Å². The molecule has 100 valence electrons. The van der Waals surface area contributed by atoms with Crippen molar-refractivity contribution in [2.45, 2.75) is 59.0 Å². The predicted octanol–water partition coefficient (Wildman–Crippen LogP) is 3.20. The largest absolute Gasteiger partial charge is 0.378 e. The summed E-state index contributed by atoms with van der Waals surface area (Å²) in [7, 11) is 0. The molecule has 2 aliphatic carbocycles. The lowest BCUT2D eigenvalue weighted by Crippen LogP contribution is -2.40. The Morgan fingerprint density at radius 1 is 1.12 bits per heavy atom. The van der Waals surface area contributed by atoms with Gasteiger partial charge in [-0.1, -0.05) is 20.8 Å². The Kier molecular flexibility index (Phi) is 4.14. The summed E-state index contributed by atoms with van der Waals surface area (Å²) in [4.78, 5) is 0. The molecule has 0 bridgehead atoms. The highest BCUT2D eigenvalue weighted by Crippen LogP contribution is 2.41. The second-order valence-corrected chi connectivity index (χ2v) is 7.19. The minimum absolute atomic E-state index is 0.417. The van der Waals surface area contributed by atoms with Crippen molar-refractivity contribution < 1.29 is 4.74 Å². The van der Waals surface area contributed by atoms with E-state index in [0.29, 0.717) is 17.4 Å². The molecule has 2 nitrogen and oxygen atoms in total. The molecule has 2 rings (SSSR count). The van der Waals surface area contributed by atoms with Gasteiger partial charge in [-0.15, -0.1) is 0 Å². The van der Waals surface area contributed by atoms with Gasteiger partial charge in [0.1, 0.15) is 0 Å². The van der Waals surface area contributed by atoms with E-state index in [0.717, 1.165) is 25.0 Å². The lowest BCUT2D eigenvalue weighted by atomic mass is 9.68. The van der Waals surface area contributed by atoms with Crippen LogP contribution in [-0.4, -0.2) is 19.3 Å². The van der Waals surface area contributed by atoms with Crippen molar-refractivity contribution >= 4 is 0 Å². The van der Waals surface area contributed by atoms with Crippen molar-refractivity contribution in [2.24, 2.45) is 28.9 Å². The first kappa shape index (κ1) is 13.4. The van der Waals surface area contributed by atoms with Gasteiger partial charge in [0.2, 0.25) is 0 Å². The zero-order chi connectivity index (χ0) is 12.5. The van der Waals surface area contributed by atoms with Gasteiger partial charge < -0.3 is 10.5 Å². The van der Waals surface area contributed by atoms with Crippen LogP contribution in [0, 0.1) is 23.2 Å². The van der Waals surface area contributed by atoms with Gasteiger partial charge in [-0.3, -0.25) is 0 Å². The van der Waals surface area contributed by atoms with Gasteiger partial charge in [0, 0.05) is 6.61 Å². The average molecular weight is 239 g/mol. The van der Waals surface area contributed by atoms with Gasteiger partial charge >= 0.3 is 0 Å². The number of nitrogens with two attached hydrogens (primary N) is 1. The van der Waals surface area contributed by atoms with E-state index in [-0.39, 0.29) is 0 Å². The van der Waals surface area contributed by atoms with E-state index >= 15 is 0 Å². The van der Waals surface area contributed by atoms with E-state index in [9.17, 15) is 0 Å². The van der Waals surface area contributed by atoms with Crippen LogP contribution in [0.15, 0.2) is 0 Å². The van der Waals surface area contributed by atoms with E-state index < -0.39 is 0 Å². The maximum Gasteiger partial charge on any atom is 0.0618 e. The highest BCUT2D eigenvalue weighted by molar-refractivity contribution is 4.87. The van der Waals surface area contributed by atoms with Gasteiger partial charge in [-0.05, 0) is 61.8 Å². The Balaban J connectivity index is 1.87. The Labute approximate surface area is 106 Å². The summed E-state index contributed by atoms with van der Waals surface area (Å²) in [6.45, 7) is 8.86. The summed E-state index contributed by atoms with van der Waals surface area (Å²) in [6, 6.07) is 0. The molecular weight excluding hydrogens is 210 g/mol. The highest BCUT2D eigenvalue weighted by atomic mass is 16.5. The number of rotatable bonds is 4. The minimum atomic E-state index is 0.417. The molecule has 0 radical (unpaired) electrons. The third-order valence-corrected chi connectivity index (χ3v) is 4.70. The first-order valence-electron chi connectivity index (χ1n) is 7.32. The Bertz CT molecular complexity index is 242. The number of hydrogen-bond acceptors (Lipinski definition) is 2. The molecule has 2 aliphatic rings. The molecule has 2 N–H and O–H groups in total. The van der Waals surface area contributed by atoms with Crippen molar-refractivity contribution in [1.82, 2.24) is 0 Å². The van der Waals surface area contributed by atoms with Crippen LogP contribution in [-0.2, 0) is 4.74 Å². The van der Waals surface area contributed by atoms with Gasteiger partial charge in [0.05, 0.1) is 6.10 Å². The lowest BCUT2D eigenvalue weighted by molar-refractivity contribution is -0.0442. The second kappa shape index (κ2) is 5.27. The Morgan fingerprint density at radius 3 is 2.35 bits per heavy atom. The monoisotopic (exact) mass is 239 g/mol. The van der Waals surface area contributed by atoms with Crippen molar-refractivity contribution in [2.75, 3.05) is 13.2 Å². The highest BCUT2D eigenvalue weighted by Gasteiger charge is 2.36. The van der Waals surface area contributed by atoms with Gasteiger partial charge in [0.15, 0.2) is 0 Å². The van der Waals surface area contributed by atoms with E-state index in [1.54, 1.807) is 0 Å². The molecule has 0 aliphatic heterocycles. The van der Waals surface area contributed by atoms with Gasteiger partial charge in [-0.25, -0.2) is 0 Å². The van der Waals surface area contributed by atoms with Crippen LogP contribution < -0.4 is 5.73 Å². The van der Waals surface area contributed by atoms with Crippen LogP contribution in [0.2, 0.25) is 0 Å². The molecule has 0 heterocycles. The molecule has 0 spiro atoms. The second-order valence-electron chi connectivity index (χ2n) is 7.19. The van der Waals surface area contributed by atoms with Crippen LogP contribution in [0.25, 0.3) is 0 Å². The summed E-state index contributed by atoms with van der Waals surface area (Å²) in [5.41, 5.74) is 6.31. The lowest BCUT2D eigenvalue weighted by Gasteiger charge is -2.41. The van der Waals surface area contributed by atoms with Crippen molar-refractivity contribution in [3.05, 3.63) is 0 Å². The zero-order valence-corrected chi connectivity index (χ0v) is 11.7. The van der Waals surface area contributed by atoms with Crippen molar-refractivity contribution in [1.29, 1.82) is 0 Å². The van der Waals surface area contributed by atoms with Gasteiger partial charge in [0.25, 0.3) is 0 Å². The average Bonchev–Trinajstić information content (AvgIpc) is 3.08. The fraction of sp³-hybridized carbons (Fsp3) is 1.00. The topological polar surface area (TPSA) is 35.2 Å². The van der Waals surface area contributed by atoms with Crippen LogP contribution in [0.4, 0.5) is 0 Å².